The Hall–Kier alpha value is -2.88. The topological polar surface area (TPSA) is 93.5 Å². The van der Waals surface area contributed by atoms with E-state index in [0.717, 1.165) is 19.4 Å². The number of hydrogen-bond donors (Lipinski definition) is 2. The molecule has 1 aromatic heterocycles. The number of rotatable bonds is 6. The number of aromatic nitrogens is 2. The minimum absolute atomic E-state index is 0.00395. The molecule has 2 N–H and O–H groups in total. The van der Waals surface area contributed by atoms with Gasteiger partial charge in [0.1, 0.15) is 5.56 Å². The number of amides is 1. The number of carboxylic acid groups (broad SMARTS) is 1. The van der Waals surface area contributed by atoms with Crippen molar-refractivity contribution in [3.05, 3.63) is 47.3 Å². The molecule has 0 aliphatic carbocycles. The summed E-state index contributed by atoms with van der Waals surface area (Å²) in [5.74, 6) is -2.08. The van der Waals surface area contributed by atoms with Crippen LogP contribution in [0.4, 0.5) is 13.2 Å². The molecule has 1 atom stereocenters. The Labute approximate surface area is 158 Å². The average Bonchev–Trinajstić information content (AvgIpc) is 3.31. The lowest BCUT2D eigenvalue weighted by Gasteiger charge is -2.12. The number of carboxylic acids is 1. The second-order valence-corrected chi connectivity index (χ2v) is 6.35. The predicted octanol–water partition coefficient (Wildman–Crippen LogP) is 2.89. The molecule has 10 heteroatoms. The molecule has 1 aliphatic heterocycles. The lowest BCUT2D eigenvalue weighted by molar-refractivity contribution is -0.143. The number of halogens is 3. The van der Waals surface area contributed by atoms with E-state index in [4.69, 9.17) is 9.84 Å². The molecule has 0 bridgehead atoms. The van der Waals surface area contributed by atoms with E-state index in [1.807, 2.05) is 0 Å². The fraction of sp³-hybridized carbons (Fsp3) is 0.389. The third-order valence-corrected chi connectivity index (χ3v) is 4.42. The zero-order valence-corrected chi connectivity index (χ0v) is 14.7. The molecular weight excluding hydrogens is 379 g/mol. The first-order chi connectivity index (χ1) is 13.3. The van der Waals surface area contributed by atoms with Crippen LogP contribution in [0.1, 0.15) is 45.7 Å². The van der Waals surface area contributed by atoms with Crippen LogP contribution in [0.2, 0.25) is 0 Å². The van der Waals surface area contributed by atoms with Crippen LogP contribution in [0.25, 0.3) is 5.69 Å². The summed E-state index contributed by atoms with van der Waals surface area (Å²) < 4.78 is 45.8. The van der Waals surface area contributed by atoms with E-state index in [0.29, 0.717) is 23.8 Å². The van der Waals surface area contributed by atoms with E-state index in [2.05, 4.69) is 10.4 Å². The van der Waals surface area contributed by atoms with Gasteiger partial charge in [-0.2, -0.15) is 18.3 Å². The van der Waals surface area contributed by atoms with Crippen LogP contribution in [-0.4, -0.2) is 46.0 Å². The summed E-state index contributed by atoms with van der Waals surface area (Å²) in [4.78, 5) is 23.2. The molecule has 3 rings (SSSR count). The van der Waals surface area contributed by atoms with Crippen molar-refractivity contribution in [1.29, 1.82) is 0 Å². The van der Waals surface area contributed by atoms with Gasteiger partial charge in [-0.25, -0.2) is 9.48 Å². The number of ether oxygens (including phenoxy) is 1. The molecule has 2 heterocycles. The maximum Gasteiger partial charge on any atom is 0.434 e. The summed E-state index contributed by atoms with van der Waals surface area (Å²) in [6.07, 6.45) is -1.43. The third kappa shape index (κ3) is 4.33. The van der Waals surface area contributed by atoms with Crippen molar-refractivity contribution in [3.8, 4) is 5.69 Å². The number of hydrogen-bond acceptors (Lipinski definition) is 4. The molecule has 0 saturated carbocycles. The standard InChI is InChI=1S/C18H18F3N3O4/c19-18(20,21)15-14(17(26)27)10-23-24(15)12-5-3-11(4-6-12)16(25)22-8-7-13-2-1-9-28-13/h3-6,10,13H,1-2,7-9H2,(H,22,25)(H,26,27)/t13-/m1/s1. The van der Waals surface area contributed by atoms with Crippen LogP contribution in [-0.2, 0) is 10.9 Å². The zero-order valence-electron chi connectivity index (χ0n) is 14.7. The van der Waals surface area contributed by atoms with Crippen molar-refractivity contribution >= 4 is 11.9 Å². The van der Waals surface area contributed by atoms with Crippen molar-refractivity contribution in [2.24, 2.45) is 0 Å². The minimum atomic E-state index is -4.90. The summed E-state index contributed by atoms with van der Waals surface area (Å²) in [5.41, 5.74) is -2.05. The number of alkyl halides is 3. The highest BCUT2D eigenvalue weighted by atomic mass is 19.4. The average molecular weight is 397 g/mol. The lowest BCUT2D eigenvalue weighted by Crippen LogP contribution is -2.27. The lowest BCUT2D eigenvalue weighted by atomic mass is 10.1. The summed E-state index contributed by atoms with van der Waals surface area (Å²) in [7, 11) is 0. The van der Waals surface area contributed by atoms with Crippen molar-refractivity contribution in [3.63, 3.8) is 0 Å². The Kier molecular flexibility index (Phi) is 5.68. The highest BCUT2D eigenvalue weighted by Crippen LogP contribution is 2.33. The van der Waals surface area contributed by atoms with Crippen LogP contribution in [0.3, 0.4) is 0 Å². The molecule has 0 radical (unpaired) electrons. The maximum atomic E-state index is 13.3. The predicted molar refractivity (Wildman–Crippen MR) is 91.4 cm³/mol. The first-order valence-corrected chi connectivity index (χ1v) is 8.66. The molecular formula is C18H18F3N3O4. The van der Waals surface area contributed by atoms with E-state index in [-0.39, 0.29) is 23.3 Å². The monoisotopic (exact) mass is 397 g/mol. The van der Waals surface area contributed by atoms with Crippen LogP contribution < -0.4 is 5.32 Å². The van der Waals surface area contributed by atoms with Crippen molar-refractivity contribution in [2.75, 3.05) is 13.2 Å². The third-order valence-electron chi connectivity index (χ3n) is 4.42. The Morgan fingerprint density at radius 1 is 1.29 bits per heavy atom. The maximum absolute atomic E-state index is 13.3. The van der Waals surface area contributed by atoms with Gasteiger partial charge in [0.25, 0.3) is 5.91 Å². The van der Waals surface area contributed by atoms with E-state index in [9.17, 15) is 22.8 Å². The Balaban J connectivity index is 1.72. The number of carbonyl (C=O) groups excluding carboxylic acids is 1. The van der Waals surface area contributed by atoms with E-state index >= 15 is 0 Å². The molecule has 1 saturated heterocycles. The number of nitrogens with one attached hydrogen (secondary N) is 1. The Bertz CT molecular complexity index is 856. The molecule has 1 aliphatic rings. The van der Waals surface area contributed by atoms with Gasteiger partial charge in [0.2, 0.25) is 0 Å². The van der Waals surface area contributed by atoms with Crippen LogP contribution in [0.15, 0.2) is 30.5 Å². The van der Waals surface area contributed by atoms with E-state index < -0.39 is 23.4 Å². The molecule has 0 unspecified atom stereocenters. The fourth-order valence-corrected chi connectivity index (χ4v) is 3.05. The Morgan fingerprint density at radius 2 is 2.00 bits per heavy atom. The van der Waals surface area contributed by atoms with Gasteiger partial charge in [-0.15, -0.1) is 0 Å². The quantitative estimate of drug-likeness (QED) is 0.782. The smallest absolute Gasteiger partial charge is 0.434 e. The van der Waals surface area contributed by atoms with Gasteiger partial charge in [-0.3, -0.25) is 4.79 Å². The van der Waals surface area contributed by atoms with Crippen molar-refractivity contribution in [1.82, 2.24) is 15.1 Å². The van der Waals surface area contributed by atoms with Gasteiger partial charge >= 0.3 is 12.1 Å². The molecule has 28 heavy (non-hydrogen) atoms. The van der Waals surface area contributed by atoms with Gasteiger partial charge < -0.3 is 15.2 Å². The largest absolute Gasteiger partial charge is 0.478 e. The van der Waals surface area contributed by atoms with Crippen molar-refractivity contribution < 1.29 is 32.6 Å². The summed E-state index contributed by atoms with van der Waals surface area (Å²) in [6, 6.07) is 5.28. The van der Waals surface area contributed by atoms with Gasteiger partial charge in [0, 0.05) is 18.7 Å². The highest BCUT2D eigenvalue weighted by Gasteiger charge is 2.40. The molecule has 7 nitrogen and oxygen atoms in total. The first-order valence-electron chi connectivity index (χ1n) is 8.66. The SMILES string of the molecule is O=C(NCC[C@H]1CCCO1)c1ccc(-n2ncc(C(=O)O)c2C(F)(F)F)cc1. The molecule has 1 aromatic carbocycles. The van der Waals surface area contributed by atoms with Crippen LogP contribution in [0.5, 0.6) is 0 Å². The summed E-state index contributed by atoms with van der Waals surface area (Å²) >= 11 is 0. The number of nitrogens with zero attached hydrogens (tertiary/aromatic N) is 2. The number of carbonyl (C=O) groups is 2. The molecule has 1 amide bonds. The van der Waals surface area contributed by atoms with Crippen LogP contribution in [0, 0.1) is 0 Å². The summed E-state index contributed by atoms with van der Waals surface area (Å²) in [5, 5.41) is 15.2. The zero-order chi connectivity index (χ0) is 20.3. The van der Waals surface area contributed by atoms with E-state index in [1.165, 1.54) is 24.3 Å². The van der Waals surface area contributed by atoms with Gasteiger partial charge in [0.15, 0.2) is 5.69 Å². The summed E-state index contributed by atoms with van der Waals surface area (Å²) in [6.45, 7) is 1.17. The second-order valence-electron chi connectivity index (χ2n) is 6.35. The minimum Gasteiger partial charge on any atom is -0.478 e. The van der Waals surface area contributed by atoms with Crippen molar-refractivity contribution in [2.45, 2.75) is 31.5 Å². The molecule has 2 aromatic rings. The number of benzene rings is 1. The second kappa shape index (κ2) is 8.01. The number of aromatic carboxylic acids is 1. The highest BCUT2D eigenvalue weighted by molar-refractivity contribution is 5.94. The fourth-order valence-electron chi connectivity index (χ4n) is 3.05. The van der Waals surface area contributed by atoms with Gasteiger partial charge in [-0.05, 0) is 43.5 Å². The Morgan fingerprint density at radius 3 is 2.57 bits per heavy atom. The van der Waals surface area contributed by atoms with E-state index in [1.54, 1.807) is 0 Å². The molecule has 0 spiro atoms. The normalized spacial score (nSPS) is 16.9. The molecule has 150 valence electrons. The van der Waals surface area contributed by atoms with Gasteiger partial charge in [0.05, 0.1) is 18.0 Å². The molecule has 1 fully saturated rings. The van der Waals surface area contributed by atoms with Crippen LogP contribution >= 0.6 is 0 Å². The van der Waals surface area contributed by atoms with Gasteiger partial charge in [-0.1, -0.05) is 0 Å². The first kappa shape index (κ1) is 19.9.